The van der Waals surface area contributed by atoms with Crippen LogP contribution in [0.3, 0.4) is 0 Å². The van der Waals surface area contributed by atoms with E-state index in [1.807, 2.05) is 0 Å². The molecule has 3 fully saturated rings. The number of hydrogen-bond donors (Lipinski definition) is 21. The number of aliphatic hydroxyl groups is 2. The number of thiol groups is 2. The number of nitrogens with two attached hydrogens (primary N) is 3. The van der Waals surface area contributed by atoms with Gasteiger partial charge in [-0.3, -0.25) is 72.1 Å². The fraction of sp³-hybridized carbons (Fsp3) is 0.681. The minimum atomic E-state index is -1.80. The van der Waals surface area contributed by atoms with Crippen LogP contribution in [0.5, 0.6) is 0 Å². The van der Waals surface area contributed by atoms with Gasteiger partial charge in [0.05, 0.1) is 25.3 Å². The number of likely N-dealkylation sites (tertiary alicyclic amines) is 2. The Hall–Kier alpha value is -8.92. The predicted molar refractivity (Wildman–Crippen MR) is 402 cm³/mol. The predicted octanol–water partition coefficient (Wildman–Crippen LogP) is -5.96. The SMILES string of the molecule is CC[C@H](C)[C@H](NC(=O)[C@@H]1CCCN1C(=O)[C@@H]1CCCN1C(=O)[C@@H](NC(=O)[C@H](CO)NC(=O)[C@H](CCCCN)NC(=O)[C@@H](NC(=O)[C@H](C)NC(=O)[C@H](CCCN=C(N)N)NC(=O)[C@H](C)NC(=O)[C@H](CS)NC(=O)CNC(=O)[C@@H]1CCCN1)[C@@H](C)O)[C@@H](C)CC)C(=O)N[C@@H](CS)C(=O)N[C@@H](Cc1ccccc1)C(=O)O. The number of carboxylic acids is 1. The Labute approximate surface area is 639 Å². The van der Waals surface area contributed by atoms with E-state index in [2.05, 4.69) is 99.4 Å². The van der Waals surface area contributed by atoms with Gasteiger partial charge in [-0.1, -0.05) is 70.9 Å². The van der Waals surface area contributed by atoms with Crippen LogP contribution < -0.4 is 86.3 Å². The van der Waals surface area contributed by atoms with Crippen molar-refractivity contribution in [3.05, 3.63) is 35.9 Å². The zero-order valence-electron chi connectivity index (χ0n) is 62.4. The molecule has 0 spiro atoms. The first-order valence-electron chi connectivity index (χ1n) is 36.7. The van der Waals surface area contributed by atoms with Gasteiger partial charge in [-0.2, -0.15) is 25.3 Å². The summed E-state index contributed by atoms with van der Waals surface area (Å²) in [4.78, 5) is 212. The lowest BCUT2D eigenvalue weighted by Crippen LogP contribution is -2.62. The number of benzene rings is 1. The molecule has 0 bridgehead atoms. The van der Waals surface area contributed by atoms with E-state index >= 15 is 0 Å². The number of amides is 14. The molecular formula is C69H113N19O18S2. The van der Waals surface area contributed by atoms with Crippen molar-refractivity contribution >= 4 is 120 Å². The van der Waals surface area contributed by atoms with E-state index in [1.165, 1.54) is 23.6 Å². The molecule has 0 radical (unpaired) electrons. The topological polar surface area (TPSA) is 570 Å². The fourth-order valence-corrected chi connectivity index (χ4v) is 12.8. The molecule has 3 saturated heterocycles. The summed E-state index contributed by atoms with van der Waals surface area (Å²) < 4.78 is 0. The number of carbonyl (C=O) groups excluding carboxylic acids is 14. The molecule has 39 heteroatoms. The lowest BCUT2D eigenvalue weighted by Gasteiger charge is -2.35. The van der Waals surface area contributed by atoms with E-state index in [9.17, 15) is 87.2 Å². The quantitative estimate of drug-likeness (QED) is 0.0125. The Morgan fingerprint density at radius 1 is 0.556 bits per heavy atom. The third-order valence-corrected chi connectivity index (χ3v) is 19.8. The van der Waals surface area contributed by atoms with Crippen LogP contribution in [0.15, 0.2) is 35.3 Å². The number of rotatable bonds is 45. The van der Waals surface area contributed by atoms with Gasteiger partial charge in [-0.25, -0.2) is 4.79 Å². The van der Waals surface area contributed by atoms with Gasteiger partial charge in [0.1, 0.15) is 78.5 Å². The summed E-state index contributed by atoms with van der Waals surface area (Å²) in [6.45, 7) is 10.2. The smallest absolute Gasteiger partial charge is 0.326 e. The molecule has 3 aliphatic rings. The van der Waals surface area contributed by atoms with E-state index in [0.29, 0.717) is 50.6 Å². The molecule has 604 valence electrons. The number of carboxylic acid groups (broad SMARTS) is 1. The van der Waals surface area contributed by atoms with E-state index in [4.69, 9.17) is 17.2 Å². The van der Waals surface area contributed by atoms with Crippen LogP contribution in [-0.4, -0.2) is 268 Å². The maximum atomic E-state index is 14.8. The third kappa shape index (κ3) is 28.6. The lowest BCUT2D eigenvalue weighted by atomic mass is 9.96. The minimum Gasteiger partial charge on any atom is -0.480 e. The molecule has 17 atom stereocenters. The Bertz CT molecular complexity index is 3280. The first-order valence-corrected chi connectivity index (χ1v) is 38.0. The highest BCUT2D eigenvalue weighted by molar-refractivity contribution is 7.80. The molecule has 3 aliphatic heterocycles. The second-order valence-electron chi connectivity index (χ2n) is 27.4. The first kappa shape index (κ1) is 91.5. The molecule has 1 aromatic carbocycles. The van der Waals surface area contributed by atoms with E-state index in [-0.39, 0.29) is 94.5 Å². The van der Waals surface area contributed by atoms with Crippen LogP contribution in [0, 0.1) is 11.8 Å². The molecule has 14 amide bonds. The lowest BCUT2D eigenvalue weighted by molar-refractivity contribution is -0.149. The number of aliphatic hydroxyl groups excluding tert-OH is 2. The van der Waals surface area contributed by atoms with Crippen molar-refractivity contribution in [3.63, 3.8) is 0 Å². The van der Waals surface area contributed by atoms with Gasteiger partial charge in [-0.15, -0.1) is 0 Å². The number of guanidine groups is 1. The zero-order valence-corrected chi connectivity index (χ0v) is 64.2. The Kier molecular flexibility index (Phi) is 39.3. The number of nitrogens with one attached hydrogen (secondary N) is 13. The molecule has 0 unspecified atom stereocenters. The van der Waals surface area contributed by atoms with Crippen LogP contribution in [0.4, 0.5) is 0 Å². The number of unbranched alkanes of at least 4 members (excludes halogenated alkanes) is 1. The maximum absolute atomic E-state index is 14.8. The summed E-state index contributed by atoms with van der Waals surface area (Å²) in [7, 11) is 0. The first-order chi connectivity index (χ1) is 51.2. The minimum absolute atomic E-state index is 0.00520. The number of aliphatic imine (C=N–C) groups is 1. The second kappa shape index (κ2) is 46.4. The number of hydrogen-bond acceptors (Lipinski definition) is 22. The van der Waals surface area contributed by atoms with Gasteiger partial charge in [-0.05, 0) is 122 Å². The van der Waals surface area contributed by atoms with Crippen molar-refractivity contribution in [2.75, 3.05) is 57.4 Å². The highest BCUT2D eigenvalue weighted by Gasteiger charge is 2.46. The highest BCUT2D eigenvalue weighted by atomic mass is 32.1. The van der Waals surface area contributed by atoms with Crippen molar-refractivity contribution in [3.8, 4) is 0 Å². The number of carbonyl (C=O) groups is 15. The normalized spacial score (nSPS) is 19.3. The van der Waals surface area contributed by atoms with Crippen molar-refractivity contribution in [2.45, 2.75) is 229 Å². The van der Waals surface area contributed by atoms with Crippen LogP contribution >= 0.6 is 25.3 Å². The Morgan fingerprint density at radius 3 is 1.62 bits per heavy atom. The van der Waals surface area contributed by atoms with Gasteiger partial charge < -0.3 is 111 Å². The average molecular weight is 1560 g/mol. The fourth-order valence-electron chi connectivity index (χ4n) is 12.3. The van der Waals surface area contributed by atoms with Crippen molar-refractivity contribution < 1.29 is 87.2 Å². The molecule has 0 saturated carbocycles. The van der Waals surface area contributed by atoms with Crippen molar-refractivity contribution in [1.82, 2.24) is 78.9 Å². The van der Waals surface area contributed by atoms with E-state index in [0.717, 1.165) is 13.3 Å². The summed E-state index contributed by atoms with van der Waals surface area (Å²) >= 11 is 8.41. The Balaban J connectivity index is 1.42. The molecular weight excluding hydrogens is 1450 g/mol. The second-order valence-corrected chi connectivity index (χ2v) is 28.1. The van der Waals surface area contributed by atoms with Gasteiger partial charge in [0.25, 0.3) is 0 Å². The standard InChI is InChI=1S/C69H113N19O18S2/c1-8-36(3)52(64(101)83-48(35-108)62(99)81-45(68(105)106)31-41-19-11-10-12-20-41)84-63(100)49-24-17-29-87(49)66(103)50-25-18-30-88(50)67(104)53(37(4)9-2)85-60(97)46(33-89)82-59(96)43(21-13-14-26-70)80-65(102)54(40(7)90)86-56(93)39(6)76-58(95)44(23-16-28-74-69(71)72)79-55(92)38(5)77-61(98)47(34-107)78-51(91)32-75-57(94)42-22-15-27-73-42/h10-12,19-20,36-40,42-50,52-54,73,89-90,107-108H,8-9,13-18,21-35,70H2,1-7H3,(H,75,94)(H,76,95)(H,77,98)(H,78,91)(H,79,92)(H,80,102)(H,81,99)(H,82,96)(H,83,101)(H,84,100)(H,85,97)(H,86,93)(H,105,106)(H4,71,72,74)/t36-,37-,38-,39-,40+,42-,43-,44-,45-,46-,47-,48-,49-,50-,52-,53-,54-/m0/s1. The molecule has 4 rings (SSSR count). The number of aliphatic carboxylic acids is 1. The van der Waals surface area contributed by atoms with E-state index < -0.39 is 198 Å². The van der Waals surface area contributed by atoms with Gasteiger partial charge in [0.2, 0.25) is 82.7 Å². The summed E-state index contributed by atoms with van der Waals surface area (Å²) in [6.07, 6.45) is 1.95. The van der Waals surface area contributed by atoms with Gasteiger partial charge in [0.15, 0.2) is 5.96 Å². The highest BCUT2D eigenvalue weighted by Crippen LogP contribution is 2.28. The molecule has 37 nitrogen and oxygen atoms in total. The molecule has 0 aromatic heterocycles. The monoisotopic (exact) mass is 1560 g/mol. The van der Waals surface area contributed by atoms with Crippen LogP contribution in [0.25, 0.3) is 0 Å². The van der Waals surface area contributed by atoms with Crippen LogP contribution in [0.1, 0.15) is 138 Å². The summed E-state index contributed by atoms with van der Waals surface area (Å²) in [5.74, 6) is -14.4. The molecule has 3 heterocycles. The molecule has 1 aromatic rings. The summed E-state index contributed by atoms with van der Waals surface area (Å²) in [5.41, 5.74) is 17.4. The summed E-state index contributed by atoms with van der Waals surface area (Å²) in [6, 6.07) is -9.74. The number of nitrogens with zero attached hydrogens (tertiary/aromatic N) is 3. The van der Waals surface area contributed by atoms with E-state index in [1.54, 1.807) is 58.0 Å². The zero-order chi connectivity index (χ0) is 80.5. The van der Waals surface area contributed by atoms with Crippen LogP contribution in [0.2, 0.25) is 0 Å². The van der Waals surface area contributed by atoms with Gasteiger partial charge in [0, 0.05) is 37.6 Å². The molecule has 108 heavy (non-hydrogen) atoms. The van der Waals surface area contributed by atoms with Crippen molar-refractivity contribution in [1.29, 1.82) is 0 Å². The Morgan fingerprint density at radius 2 is 1.06 bits per heavy atom. The average Bonchev–Trinajstić information content (AvgIpc) is 1.65. The van der Waals surface area contributed by atoms with Crippen LogP contribution in [-0.2, 0) is 78.3 Å². The summed E-state index contributed by atoms with van der Waals surface area (Å²) in [5, 5.41) is 64.6. The maximum Gasteiger partial charge on any atom is 0.326 e. The largest absolute Gasteiger partial charge is 0.480 e. The molecule has 0 aliphatic carbocycles. The van der Waals surface area contributed by atoms with Gasteiger partial charge >= 0.3 is 5.97 Å². The van der Waals surface area contributed by atoms with Crippen molar-refractivity contribution in [2.24, 2.45) is 34.0 Å². The molecule has 22 N–H and O–H groups in total. The third-order valence-electron chi connectivity index (χ3n) is 19.1.